The van der Waals surface area contributed by atoms with Crippen molar-refractivity contribution in [3.8, 4) is 0 Å². The third-order valence-corrected chi connectivity index (χ3v) is 8.54. The Hall–Kier alpha value is -0.320. The molecule has 0 N–H and O–H groups in total. The van der Waals surface area contributed by atoms with Crippen molar-refractivity contribution < 1.29 is 25.6 Å². The molecule has 1 heterocycles. The van der Waals surface area contributed by atoms with E-state index >= 15 is 0 Å². The second-order valence-electron chi connectivity index (χ2n) is 6.36. The van der Waals surface area contributed by atoms with Gasteiger partial charge in [0.1, 0.15) is 0 Å². The molecule has 1 atom stereocenters. The zero-order valence-electron chi connectivity index (χ0n) is 12.7. The smallest absolute Gasteiger partial charge is 0.212 e. The molecule has 6 nitrogen and oxygen atoms in total. The van der Waals surface area contributed by atoms with Crippen LogP contribution < -0.4 is 0 Å². The number of alkyl halides is 2. The second-order valence-corrected chi connectivity index (χ2v) is 10.8. The van der Waals surface area contributed by atoms with Crippen LogP contribution in [-0.4, -0.2) is 69.6 Å². The van der Waals surface area contributed by atoms with Gasteiger partial charge in [-0.05, 0) is 18.8 Å². The second kappa shape index (κ2) is 5.95. The van der Waals surface area contributed by atoms with Crippen LogP contribution in [0.15, 0.2) is 0 Å². The average Bonchev–Trinajstić information content (AvgIpc) is 2.36. The van der Waals surface area contributed by atoms with Crippen LogP contribution in [0.25, 0.3) is 0 Å². The molecular weight excluding hydrogens is 338 g/mol. The average molecular weight is 360 g/mol. The summed E-state index contributed by atoms with van der Waals surface area (Å²) in [5.74, 6) is -3.61. The van der Waals surface area contributed by atoms with Gasteiger partial charge in [0.25, 0.3) is 0 Å². The van der Waals surface area contributed by atoms with E-state index < -0.39 is 50.0 Å². The maximum absolute atomic E-state index is 12.8. The molecule has 130 valence electrons. The maximum Gasteiger partial charge on any atom is 0.248 e. The van der Waals surface area contributed by atoms with Gasteiger partial charge in [-0.15, -0.1) is 0 Å². The fourth-order valence-corrected chi connectivity index (χ4v) is 6.39. The van der Waals surface area contributed by atoms with Crippen LogP contribution in [0.5, 0.6) is 0 Å². The van der Waals surface area contributed by atoms with Crippen LogP contribution in [0, 0.1) is 5.92 Å². The predicted molar refractivity (Wildman–Crippen MR) is 78.7 cm³/mol. The largest absolute Gasteiger partial charge is 0.248 e. The lowest BCUT2D eigenvalue weighted by atomic mass is 9.83. The SMILES string of the molecule is CN(C)S(=O)(=O)[C@H]1CCCN(S(=O)(=O)CC2CC(F)(F)C2)C1. The summed E-state index contributed by atoms with van der Waals surface area (Å²) >= 11 is 0. The van der Waals surface area contributed by atoms with Crippen molar-refractivity contribution in [3.63, 3.8) is 0 Å². The van der Waals surface area contributed by atoms with E-state index in [0.29, 0.717) is 12.8 Å². The van der Waals surface area contributed by atoms with E-state index in [0.717, 1.165) is 8.61 Å². The van der Waals surface area contributed by atoms with Crippen molar-refractivity contribution in [1.29, 1.82) is 0 Å². The van der Waals surface area contributed by atoms with Crippen molar-refractivity contribution in [3.05, 3.63) is 0 Å². The molecule has 0 aromatic carbocycles. The highest BCUT2D eigenvalue weighted by atomic mass is 32.2. The number of sulfonamides is 2. The molecule has 0 aromatic rings. The minimum atomic E-state index is -3.70. The van der Waals surface area contributed by atoms with Gasteiger partial charge in [-0.2, -0.15) is 0 Å². The first-order valence-electron chi connectivity index (χ1n) is 7.21. The number of halogens is 2. The Labute approximate surface area is 130 Å². The number of rotatable bonds is 5. The van der Waals surface area contributed by atoms with Crippen molar-refractivity contribution in [2.45, 2.75) is 36.9 Å². The summed E-state index contributed by atoms with van der Waals surface area (Å²) in [4.78, 5) is 0. The number of nitrogens with zero attached hydrogens (tertiary/aromatic N) is 2. The van der Waals surface area contributed by atoms with Crippen LogP contribution in [-0.2, 0) is 20.0 Å². The molecule has 1 aliphatic carbocycles. The topological polar surface area (TPSA) is 74.8 Å². The van der Waals surface area contributed by atoms with Gasteiger partial charge in [0.2, 0.25) is 26.0 Å². The van der Waals surface area contributed by atoms with Crippen LogP contribution in [0.3, 0.4) is 0 Å². The fraction of sp³-hybridized carbons (Fsp3) is 1.00. The van der Waals surface area contributed by atoms with E-state index in [4.69, 9.17) is 0 Å². The molecule has 0 aromatic heterocycles. The summed E-state index contributed by atoms with van der Waals surface area (Å²) in [6, 6.07) is 0. The van der Waals surface area contributed by atoms with Crippen LogP contribution in [0.1, 0.15) is 25.7 Å². The van der Waals surface area contributed by atoms with E-state index in [1.807, 2.05) is 0 Å². The Morgan fingerprint density at radius 2 is 1.77 bits per heavy atom. The first kappa shape index (κ1) is 18.0. The molecule has 1 aliphatic heterocycles. The standard InChI is InChI=1S/C12H22F2N2O4S2/c1-15(2)22(19,20)11-4-3-5-16(8-11)21(17,18)9-10-6-12(13,14)7-10/h10-11H,3-9H2,1-2H3/t11-/m0/s1. The predicted octanol–water partition coefficient (Wildman–Crippen LogP) is 0.717. The number of piperidine rings is 1. The van der Waals surface area contributed by atoms with Crippen molar-refractivity contribution in [2.75, 3.05) is 32.9 Å². The molecule has 10 heteroatoms. The molecule has 22 heavy (non-hydrogen) atoms. The van der Waals surface area contributed by atoms with E-state index in [9.17, 15) is 25.6 Å². The first-order valence-corrected chi connectivity index (χ1v) is 10.3. The fourth-order valence-electron chi connectivity index (χ4n) is 3.00. The summed E-state index contributed by atoms with van der Waals surface area (Å²) in [6.45, 7) is 0.164. The maximum atomic E-state index is 12.8. The highest BCUT2D eigenvalue weighted by Crippen LogP contribution is 2.43. The zero-order valence-corrected chi connectivity index (χ0v) is 14.3. The van der Waals surface area contributed by atoms with Crippen LogP contribution in [0.4, 0.5) is 8.78 Å². The Morgan fingerprint density at radius 3 is 2.27 bits per heavy atom. The summed E-state index contributed by atoms with van der Waals surface area (Å²) in [7, 11) is -4.39. The summed E-state index contributed by atoms with van der Waals surface area (Å²) < 4.78 is 76.8. The van der Waals surface area contributed by atoms with Gasteiger partial charge in [0.05, 0.1) is 11.0 Å². The summed E-state index contributed by atoms with van der Waals surface area (Å²) in [6.07, 6.45) is 0.0603. The molecule has 0 unspecified atom stereocenters. The molecule has 1 saturated carbocycles. The minimum Gasteiger partial charge on any atom is -0.212 e. The molecule has 0 spiro atoms. The molecule has 0 bridgehead atoms. The quantitative estimate of drug-likeness (QED) is 0.724. The van der Waals surface area contributed by atoms with E-state index in [1.54, 1.807) is 0 Å². The lowest BCUT2D eigenvalue weighted by Gasteiger charge is -2.37. The lowest BCUT2D eigenvalue weighted by Crippen LogP contribution is -2.50. The van der Waals surface area contributed by atoms with Gasteiger partial charge in [-0.3, -0.25) is 0 Å². The van der Waals surface area contributed by atoms with Crippen molar-refractivity contribution in [1.82, 2.24) is 8.61 Å². The zero-order chi connectivity index (χ0) is 16.8. The summed E-state index contributed by atoms with van der Waals surface area (Å²) in [5, 5.41) is -0.770. The lowest BCUT2D eigenvalue weighted by molar-refractivity contribution is -0.103. The van der Waals surface area contributed by atoms with E-state index in [1.165, 1.54) is 14.1 Å². The third kappa shape index (κ3) is 3.77. The van der Waals surface area contributed by atoms with Gasteiger partial charge >= 0.3 is 0 Å². The third-order valence-electron chi connectivity index (χ3n) is 4.29. The highest BCUT2D eigenvalue weighted by molar-refractivity contribution is 7.90. The monoisotopic (exact) mass is 360 g/mol. The van der Waals surface area contributed by atoms with Crippen LogP contribution in [0.2, 0.25) is 0 Å². The molecular formula is C12H22F2N2O4S2. The van der Waals surface area contributed by atoms with Gasteiger partial charge in [0.15, 0.2) is 0 Å². The first-order chi connectivity index (χ1) is 9.94. The Bertz CT molecular complexity index is 611. The normalized spacial score (nSPS) is 27.8. The molecule has 2 rings (SSSR count). The van der Waals surface area contributed by atoms with Gasteiger partial charge < -0.3 is 0 Å². The molecule has 0 radical (unpaired) electrons. The van der Waals surface area contributed by atoms with Gasteiger partial charge in [-0.1, -0.05) is 0 Å². The number of hydrogen-bond acceptors (Lipinski definition) is 4. The Morgan fingerprint density at radius 1 is 1.18 bits per heavy atom. The Balaban J connectivity index is 2.02. The highest BCUT2D eigenvalue weighted by Gasteiger charge is 2.48. The molecule has 2 fully saturated rings. The van der Waals surface area contributed by atoms with Gasteiger partial charge in [-0.25, -0.2) is 34.2 Å². The number of hydrogen-bond donors (Lipinski definition) is 0. The van der Waals surface area contributed by atoms with Crippen molar-refractivity contribution in [2.24, 2.45) is 5.92 Å². The Kier molecular flexibility index (Phi) is 4.88. The van der Waals surface area contributed by atoms with Gasteiger partial charge in [0, 0.05) is 40.0 Å². The van der Waals surface area contributed by atoms with Crippen molar-refractivity contribution >= 4 is 20.0 Å². The molecule has 2 aliphatic rings. The molecule has 1 saturated heterocycles. The minimum absolute atomic E-state index is 0.0913. The summed E-state index contributed by atoms with van der Waals surface area (Å²) in [5.41, 5.74) is 0. The van der Waals surface area contributed by atoms with E-state index in [2.05, 4.69) is 0 Å². The molecule has 0 amide bonds. The van der Waals surface area contributed by atoms with Crippen LogP contribution >= 0.6 is 0 Å². The van der Waals surface area contributed by atoms with E-state index in [-0.39, 0.29) is 18.8 Å².